The molecule has 7 rings (SSSR count). The summed E-state index contributed by atoms with van der Waals surface area (Å²) < 4.78 is 0. The minimum Gasteiger partial charge on any atom is -0.350 e. The van der Waals surface area contributed by atoms with Crippen LogP contribution in [0.2, 0.25) is 15.1 Å². The van der Waals surface area contributed by atoms with Gasteiger partial charge in [-0.2, -0.15) is 20.6 Å². The van der Waals surface area contributed by atoms with E-state index < -0.39 is 6.03 Å². The average molecular weight is 807 g/mol. The monoisotopic (exact) mass is 805 g/mol. The summed E-state index contributed by atoms with van der Waals surface area (Å²) in [6.07, 6.45) is 3.15. The summed E-state index contributed by atoms with van der Waals surface area (Å²) in [5, 5.41) is 32.1. The fraction of sp³-hybridized carbons (Fsp3) is 0. The van der Waals surface area contributed by atoms with E-state index in [1.54, 1.807) is 116 Å². The van der Waals surface area contributed by atoms with Crippen molar-refractivity contribution in [3.05, 3.63) is 171 Å². The van der Waals surface area contributed by atoms with Gasteiger partial charge < -0.3 is 16.4 Å². The topological polar surface area (TPSA) is 182 Å². The number of halogens is 3. The molecule has 0 radical (unpaired) electrons. The maximum Gasteiger partial charge on any atom is 0.340 e. The number of carbonyl (C=O) groups is 1. The van der Waals surface area contributed by atoms with Crippen LogP contribution in [-0.4, -0.2) is 31.7 Å². The summed E-state index contributed by atoms with van der Waals surface area (Å²) in [5.41, 5.74) is 10.7. The van der Waals surface area contributed by atoms with E-state index in [9.17, 15) is 15.3 Å². The van der Waals surface area contributed by atoms with Crippen molar-refractivity contribution in [1.82, 2.24) is 19.9 Å². The molecule has 0 aliphatic heterocycles. The zero-order chi connectivity index (χ0) is 39.9. The normalized spacial score (nSPS) is 10.5. The third-order valence-electron chi connectivity index (χ3n) is 8.36. The Hall–Kier alpha value is -7.35. The van der Waals surface area contributed by atoms with Crippen molar-refractivity contribution >= 4 is 75.5 Å². The summed E-state index contributed by atoms with van der Waals surface area (Å²) in [6.45, 7) is 0. The first-order valence-electron chi connectivity index (χ1n) is 16.9. The van der Waals surface area contributed by atoms with E-state index >= 15 is 0 Å². The molecule has 12 nitrogen and oxygen atoms in total. The quantitative estimate of drug-likeness (QED) is 0.0895. The predicted molar refractivity (Wildman–Crippen MR) is 223 cm³/mol. The number of carbonyl (C=O) groups excluding carboxylic acids is 1. The zero-order valence-corrected chi connectivity index (χ0v) is 31.7. The van der Waals surface area contributed by atoms with Gasteiger partial charge in [-0.25, -0.2) is 24.7 Å². The van der Waals surface area contributed by atoms with Crippen LogP contribution in [0, 0.1) is 22.7 Å². The van der Waals surface area contributed by atoms with Crippen LogP contribution in [0.3, 0.4) is 0 Å². The molecule has 0 saturated heterocycles. The van der Waals surface area contributed by atoms with E-state index in [-0.39, 0.29) is 34.7 Å². The number of hydrazone groups is 1. The van der Waals surface area contributed by atoms with Crippen LogP contribution in [0.5, 0.6) is 0 Å². The highest BCUT2D eigenvalue weighted by Crippen LogP contribution is 2.36. The van der Waals surface area contributed by atoms with Gasteiger partial charge in [0.2, 0.25) is 11.9 Å². The second kappa shape index (κ2) is 17.0. The number of rotatable bonds is 10. The largest absolute Gasteiger partial charge is 0.350 e. The molecule has 2 aromatic heterocycles. The lowest BCUT2D eigenvalue weighted by Gasteiger charge is -2.21. The molecule has 4 N–H and O–H groups in total. The molecule has 0 aliphatic rings. The number of hydrogen-bond acceptors (Lipinski definition) is 10. The van der Waals surface area contributed by atoms with Crippen molar-refractivity contribution in [3.63, 3.8) is 0 Å². The number of nitrogens with zero attached hydrogens (tertiary/aromatic N) is 8. The highest BCUT2D eigenvalue weighted by atomic mass is 35.5. The van der Waals surface area contributed by atoms with Crippen LogP contribution in [-0.2, 0) is 0 Å². The number of amides is 2. The van der Waals surface area contributed by atoms with Gasteiger partial charge in [0, 0.05) is 61.1 Å². The molecule has 0 spiro atoms. The summed E-state index contributed by atoms with van der Waals surface area (Å²) >= 11 is 20.0. The Kier molecular flexibility index (Phi) is 11.3. The van der Waals surface area contributed by atoms with Gasteiger partial charge in [0.25, 0.3) is 0 Å². The molecular weight excluding hydrogens is 781 g/mol. The van der Waals surface area contributed by atoms with E-state index in [1.165, 1.54) is 6.07 Å². The number of aromatic nitrogens is 4. The van der Waals surface area contributed by atoms with Crippen LogP contribution >= 0.6 is 34.8 Å². The van der Waals surface area contributed by atoms with Gasteiger partial charge >= 0.3 is 6.03 Å². The number of anilines is 5. The zero-order valence-electron chi connectivity index (χ0n) is 29.4. The Balaban J connectivity index is 1.54. The lowest BCUT2D eigenvalue weighted by Crippen LogP contribution is -2.33. The number of nitriles is 2. The Morgan fingerprint density at radius 3 is 1.53 bits per heavy atom. The van der Waals surface area contributed by atoms with E-state index in [0.29, 0.717) is 59.8 Å². The molecule has 57 heavy (non-hydrogen) atoms. The predicted octanol–water partition coefficient (Wildman–Crippen LogP) is 10.1. The second-order valence-electron chi connectivity index (χ2n) is 12.1. The third-order valence-corrected chi connectivity index (χ3v) is 9.25. The Labute approximate surface area is 341 Å². The summed E-state index contributed by atoms with van der Waals surface area (Å²) in [5.74, 6) is 0.270. The second-order valence-corrected chi connectivity index (χ2v) is 13.3. The first-order valence-corrected chi connectivity index (χ1v) is 18.1. The molecule has 276 valence electrons. The Bertz CT molecular complexity index is 2590. The average Bonchev–Trinajstić information content (AvgIpc) is 3.22. The number of nitrogens with one attached hydrogen (secondary N) is 2. The molecular formula is C42H26Cl3N11O. The van der Waals surface area contributed by atoms with Gasteiger partial charge in [-0.15, -0.1) is 0 Å². The van der Waals surface area contributed by atoms with Crippen LogP contribution < -0.4 is 21.4 Å². The van der Waals surface area contributed by atoms with Gasteiger partial charge in [-0.05, 0) is 78.9 Å². The summed E-state index contributed by atoms with van der Waals surface area (Å²) in [7, 11) is 0. The highest BCUT2D eigenvalue weighted by molar-refractivity contribution is 6.34. The van der Waals surface area contributed by atoms with Crippen molar-refractivity contribution in [3.8, 4) is 34.4 Å². The highest BCUT2D eigenvalue weighted by Gasteiger charge is 2.27. The van der Waals surface area contributed by atoms with Crippen LogP contribution in [0.15, 0.2) is 139 Å². The molecule has 0 unspecified atom stereocenters. The summed E-state index contributed by atoms with van der Waals surface area (Å²) in [4.78, 5) is 32.6. The Morgan fingerprint density at radius 1 is 0.632 bits per heavy atom. The van der Waals surface area contributed by atoms with Gasteiger partial charge in [0.1, 0.15) is 17.1 Å². The molecule has 2 amide bonds. The third kappa shape index (κ3) is 8.65. The minimum atomic E-state index is -0.941. The molecule has 0 atom stereocenters. The molecule has 0 saturated carbocycles. The van der Waals surface area contributed by atoms with Gasteiger partial charge in [-0.3, -0.25) is 0 Å². The maximum atomic E-state index is 13.4. The maximum absolute atomic E-state index is 13.4. The van der Waals surface area contributed by atoms with Crippen molar-refractivity contribution < 1.29 is 4.79 Å². The van der Waals surface area contributed by atoms with Crippen LogP contribution in [0.4, 0.5) is 33.8 Å². The smallest absolute Gasteiger partial charge is 0.340 e. The van der Waals surface area contributed by atoms with Crippen molar-refractivity contribution in [2.45, 2.75) is 0 Å². The molecule has 2 heterocycles. The molecule has 15 heteroatoms. The molecule has 5 aromatic carbocycles. The van der Waals surface area contributed by atoms with E-state index in [2.05, 4.69) is 32.7 Å². The first-order chi connectivity index (χ1) is 27.7. The number of primary amides is 1. The standard InChI is InChI=1S/C42H26Cl3N11O/c43-27-6-5-7-30(20-27)56(40(48)57)55-39(37-33(31-8-1-3-10-35(31)44)23-49-41(53-37)51-28-16-12-25(21-46)13-17-28)38-34(32-9-2-4-11-36(32)45)24-50-42(54-38)52-29-18-14-26(22-47)15-19-29/h1-20,23-24H,(H2,48,57)(H,49,51,53)(H,50,52,54). The molecule has 7 aromatic rings. The van der Waals surface area contributed by atoms with E-state index in [0.717, 1.165) is 5.01 Å². The SMILES string of the molecule is N#Cc1ccc(Nc2ncc(-c3ccccc3Cl)c(C(=NN(C(N)=O)c3cccc(Cl)c3)c3nc(Nc4ccc(C#N)cc4)ncc3-c3ccccc3Cl)n2)cc1. The minimum absolute atomic E-state index is 0.0363. The fourth-order valence-electron chi connectivity index (χ4n) is 5.66. The number of urea groups is 1. The fourth-order valence-corrected chi connectivity index (χ4v) is 6.32. The lowest BCUT2D eigenvalue weighted by molar-refractivity contribution is 0.254. The van der Waals surface area contributed by atoms with Crippen molar-refractivity contribution in [2.24, 2.45) is 10.8 Å². The first kappa shape index (κ1) is 37.9. The molecule has 0 aliphatic carbocycles. The molecule has 0 fully saturated rings. The lowest BCUT2D eigenvalue weighted by atomic mass is 9.97. The van der Waals surface area contributed by atoms with Crippen molar-refractivity contribution in [1.29, 1.82) is 10.5 Å². The Morgan fingerprint density at radius 2 is 1.11 bits per heavy atom. The van der Waals surface area contributed by atoms with Crippen molar-refractivity contribution in [2.75, 3.05) is 15.6 Å². The van der Waals surface area contributed by atoms with E-state index in [4.69, 9.17) is 55.6 Å². The van der Waals surface area contributed by atoms with Gasteiger partial charge in [0.15, 0.2) is 0 Å². The van der Waals surface area contributed by atoms with Crippen LogP contribution in [0.25, 0.3) is 22.3 Å². The number of hydrogen-bond donors (Lipinski definition) is 3. The van der Waals surface area contributed by atoms with Gasteiger partial charge in [0.05, 0.1) is 29.0 Å². The summed E-state index contributed by atoms with van der Waals surface area (Å²) in [6, 6.07) is 37.5. The number of nitrogens with two attached hydrogens (primary N) is 1. The molecule has 0 bridgehead atoms. The van der Waals surface area contributed by atoms with Crippen LogP contribution in [0.1, 0.15) is 22.5 Å². The number of benzene rings is 5. The van der Waals surface area contributed by atoms with Gasteiger partial charge in [-0.1, -0.05) is 77.3 Å². The van der Waals surface area contributed by atoms with E-state index in [1.807, 2.05) is 12.1 Å².